The Labute approximate surface area is 103 Å². The highest BCUT2D eigenvalue weighted by molar-refractivity contribution is 5.78. The van der Waals surface area contributed by atoms with Gasteiger partial charge in [-0.05, 0) is 30.3 Å². The Bertz CT molecular complexity index is 749. The van der Waals surface area contributed by atoms with Crippen LogP contribution in [0, 0.1) is 11.3 Å². The molecule has 3 rings (SSSR count). The lowest BCUT2D eigenvalue weighted by atomic mass is 10.1. The third-order valence-electron chi connectivity index (χ3n) is 2.65. The summed E-state index contributed by atoms with van der Waals surface area (Å²) in [6, 6.07) is 11.1. The smallest absolute Gasteiger partial charge is 0.157 e. The van der Waals surface area contributed by atoms with Crippen molar-refractivity contribution in [3.8, 4) is 17.5 Å². The van der Waals surface area contributed by atoms with Crippen molar-refractivity contribution in [1.29, 1.82) is 5.26 Å². The molecule has 0 saturated heterocycles. The van der Waals surface area contributed by atoms with Crippen LogP contribution < -0.4 is 5.73 Å². The summed E-state index contributed by atoms with van der Waals surface area (Å²) in [7, 11) is 0. The number of aromatic nitrogens is 3. The maximum absolute atomic E-state index is 8.75. The number of H-pyrrole nitrogens is 1. The van der Waals surface area contributed by atoms with Crippen LogP contribution in [0.15, 0.2) is 36.5 Å². The van der Waals surface area contributed by atoms with E-state index in [9.17, 15) is 0 Å². The van der Waals surface area contributed by atoms with E-state index in [0.29, 0.717) is 22.7 Å². The molecule has 3 aromatic rings. The number of anilines is 1. The van der Waals surface area contributed by atoms with E-state index < -0.39 is 0 Å². The number of nitrogens with one attached hydrogen (secondary N) is 1. The monoisotopic (exact) mass is 235 g/mol. The second-order valence-corrected chi connectivity index (χ2v) is 3.91. The summed E-state index contributed by atoms with van der Waals surface area (Å²) in [4.78, 5) is 11.7. The Morgan fingerprint density at radius 3 is 2.72 bits per heavy atom. The number of aromatic amines is 1. The van der Waals surface area contributed by atoms with Crippen molar-refractivity contribution in [3.05, 3.63) is 42.1 Å². The predicted molar refractivity (Wildman–Crippen MR) is 68.5 cm³/mol. The van der Waals surface area contributed by atoms with Crippen molar-refractivity contribution in [1.82, 2.24) is 15.0 Å². The number of imidazole rings is 1. The quantitative estimate of drug-likeness (QED) is 0.675. The number of benzene rings is 1. The van der Waals surface area contributed by atoms with Gasteiger partial charge in [-0.25, -0.2) is 9.97 Å². The van der Waals surface area contributed by atoms with Crippen molar-refractivity contribution in [2.75, 3.05) is 5.73 Å². The molecule has 5 nitrogen and oxygen atoms in total. The molecule has 5 heteroatoms. The molecule has 0 aliphatic rings. The number of hydrogen-bond donors (Lipinski definition) is 2. The van der Waals surface area contributed by atoms with Crippen LogP contribution in [0.2, 0.25) is 0 Å². The number of rotatable bonds is 1. The predicted octanol–water partition coefficient (Wildman–Crippen LogP) is 2.08. The van der Waals surface area contributed by atoms with Crippen LogP contribution in [-0.2, 0) is 0 Å². The Hall–Kier alpha value is -2.87. The number of nitrogens with zero attached hydrogens (tertiary/aromatic N) is 3. The average molecular weight is 235 g/mol. The van der Waals surface area contributed by atoms with Gasteiger partial charge in [0.25, 0.3) is 0 Å². The minimum atomic E-state index is 0.584. The first-order valence-corrected chi connectivity index (χ1v) is 5.38. The molecule has 0 amide bonds. The van der Waals surface area contributed by atoms with Gasteiger partial charge < -0.3 is 10.7 Å². The molecule has 18 heavy (non-hydrogen) atoms. The second-order valence-electron chi connectivity index (χ2n) is 3.91. The van der Waals surface area contributed by atoms with Gasteiger partial charge >= 0.3 is 0 Å². The maximum atomic E-state index is 8.75. The first kappa shape index (κ1) is 10.3. The molecule has 3 N–H and O–H groups in total. The number of nitrogen functional groups attached to an aromatic ring is 1. The summed E-state index contributed by atoms with van der Waals surface area (Å²) in [6.45, 7) is 0. The fraction of sp³-hybridized carbons (Fsp3) is 0. The summed E-state index contributed by atoms with van der Waals surface area (Å²) in [5.41, 5.74) is 9.20. The van der Waals surface area contributed by atoms with Crippen LogP contribution >= 0.6 is 0 Å². The van der Waals surface area contributed by atoms with Crippen LogP contribution in [0.25, 0.3) is 22.6 Å². The molecule has 0 spiro atoms. The van der Waals surface area contributed by atoms with Crippen molar-refractivity contribution in [3.63, 3.8) is 0 Å². The Morgan fingerprint density at radius 2 is 2.00 bits per heavy atom. The zero-order valence-electron chi connectivity index (χ0n) is 9.38. The van der Waals surface area contributed by atoms with Gasteiger partial charge in [0.2, 0.25) is 0 Å². The van der Waals surface area contributed by atoms with E-state index in [4.69, 9.17) is 11.0 Å². The normalized spacial score (nSPS) is 10.4. The summed E-state index contributed by atoms with van der Waals surface area (Å²) in [6.07, 6.45) is 1.59. The fourth-order valence-electron chi connectivity index (χ4n) is 1.75. The molecule has 0 aliphatic carbocycles. The van der Waals surface area contributed by atoms with E-state index in [1.807, 2.05) is 12.1 Å². The first-order valence-electron chi connectivity index (χ1n) is 5.38. The second kappa shape index (κ2) is 3.86. The lowest BCUT2D eigenvalue weighted by molar-refractivity contribution is 1.30. The van der Waals surface area contributed by atoms with Crippen molar-refractivity contribution in [2.24, 2.45) is 0 Å². The van der Waals surface area contributed by atoms with E-state index >= 15 is 0 Å². The lowest BCUT2D eigenvalue weighted by Gasteiger charge is -1.95. The molecule has 0 aliphatic heterocycles. The van der Waals surface area contributed by atoms with Crippen LogP contribution in [0.1, 0.15) is 5.56 Å². The highest BCUT2D eigenvalue weighted by Crippen LogP contribution is 2.20. The highest BCUT2D eigenvalue weighted by Gasteiger charge is 2.06. The van der Waals surface area contributed by atoms with Crippen molar-refractivity contribution < 1.29 is 0 Å². The van der Waals surface area contributed by atoms with Gasteiger partial charge in [-0.1, -0.05) is 0 Å². The molecule has 0 unspecified atom stereocenters. The SMILES string of the molecule is N#Cc1ccc(-c2nc3cc(N)cnc3[nH]2)cc1. The van der Waals surface area contributed by atoms with E-state index in [2.05, 4.69) is 21.0 Å². The minimum Gasteiger partial charge on any atom is -0.397 e. The van der Waals surface area contributed by atoms with Gasteiger partial charge in [-0.2, -0.15) is 5.26 Å². The molecule has 0 fully saturated rings. The van der Waals surface area contributed by atoms with E-state index in [0.717, 1.165) is 11.1 Å². The largest absolute Gasteiger partial charge is 0.397 e. The molecular formula is C13H9N5. The van der Waals surface area contributed by atoms with E-state index in [-0.39, 0.29) is 0 Å². The third kappa shape index (κ3) is 1.66. The topological polar surface area (TPSA) is 91.4 Å². The summed E-state index contributed by atoms with van der Waals surface area (Å²) in [5, 5.41) is 8.75. The van der Waals surface area contributed by atoms with Gasteiger partial charge in [0.05, 0.1) is 23.5 Å². The van der Waals surface area contributed by atoms with Crippen LogP contribution in [-0.4, -0.2) is 15.0 Å². The zero-order valence-corrected chi connectivity index (χ0v) is 9.38. The van der Waals surface area contributed by atoms with Crippen LogP contribution in [0.3, 0.4) is 0 Å². The maximum Gasteiger partial charge on any atom is 0.157 e. The van der Waals surface area contributed by atoms with E-state index in [1.54, 1.807) is 24.4 Å². The summed E-state index contributed by atoms with van der Waals surface area (Å²) in [5.74, 6) is 0.715. The lowest BCUT2D eigenvalue weighted by Crippen LogP contribution is -1.85. The van der Waals surface area contributed by atoms with Gasteiger partial charge in [0.1, 0.15) is 11.3 Å². The average Bonchev–Trinajstić information content (AvgIpc) is 2.81. The summed E-state index contributed by atoms with van der Waals surface area (Å²) >= 11 is 0. The Morgan fingerprint density at radius 1 is 1.22 bits per heavy atom. The number of fused-ring (bicyclic) bond motifs is 1. The van der Waals surface area contributed by atoms with Gasteiger partial charge in [-0.3, -0.25) is 0 Å². The highest BCUT2D eigenvalue weighted by atomic mass is 15.0. The molecule has 0 saturated carbocycles. The standard InChI is InChI=1S/C13H9N5/c14-6-8-1-3-9(4-2-8)12-17-11-5-10(15)7-16-13(11)18-12/h1-5,7H,15H2,(H,16,17,18). The Kier molecular flexibility index (Phi) is 2.21. The molecule has 0 radical (unpaired) electrons. The third-order valence-corrected chi connectivity index (χ3v) is 2.65. The zero-order chi connectivity index (χ0) is 12.5. The van der Waals surface area contributed by atoms with Crippen LogP contribution in [0.5, 0.6) is 0 Å². The summed E-state index contributed by atoms with van der Waals surface area (Å²) < 4.78 is 0. The molecule has 0 bridgehead atoms. The first-order chi connectivity index (χ1) is 8.76. The molecule has 2 aromatic heterocycles. The molecular weight excluding hydrogens is 226 g/mol. The minimum absolute atomic E-state index is 0.584. The molecule has 0 atom stereocenters. The van der Waals surface area contributed by atoms with Gasteiger partial charge in [0, 0.05) is 5.56 Å². The number of nitriles is 1. The Balaban J connectivity index is 2.10. The van der Waals surface area contributed by atoms with Gasteiger partial charge in [0.15, 0.2) is 5.65 Å². The molecule has 86 valence electrons. The van der Waals surface area contributed by atoms with Crippen molar-refractivity contribution >= 4 is 16.9 Å². The molecule has 1 aromatic carbocycles. The van der Waals surface area contributed by atoms with Crippen molar-refractivity contribution in [2.45, 2.75) is 0 Å². The molecule has 2 heterocycles. The number of hydrogen-bond acceptors (Lipinski definition) is 4. The number of pyridine rings is 1. The van der Waals surface area contributed by atoms with Gasteiger partial charge in [-0.15, -0.1) is 0 Å². The van der Waals surface area contributed by atoms with E-state index in [1.165, 1.54) is 0 Å². The fourth-order valence-corrected chi connectivity index (χ4v) is 1.75. The number of nitrogens with two attached hydrogens (primary N) is 1. The van der Waals surface area contributed by atoms with Crippen LogP contribution in [0.4, 0.5) is 5.69 Å².